The third kappa shape index (κ3) is 5.31. The van der Waals surface area contributed by atoms with Gasteiger partial charge in [0.1, 0.15) is 0 Å². The first-order valence-electron chi connectivity index (χ1n) is 10.7. The SMILES string of the molecule is O=C(NC(=Nc1ccc(-c2ccccc2)cc1)Nc1ccc2[nH]c(=O)oc2c1)c1ccc(Cl)cc1. The summed E-state index contributed by atoms with van der Waals surface area (Å²) in [7, 11) is 0. The molecule has 0 radical (unpaired) electrons. The van der Waals surface area contributed by atoms with Crippen molar-refractivity contribution in [3.05, 3.63) is 118 Å². The minimum atomic E-state index is -0.541. The second-order valence-corrected chi connectivity index (χ2v) is 8.12. The fraction of sp³-hybridized carbons (Fsp3) is 0. The van der Waals surface area contributed by atoms with Crippen LogP contribution in [0.25, 0.3) is 22.2 Å². The highest BCUT2D eigenvalue weighted by Crippen LogP contribution is 2.23. The number of nitrogens with zero attached hydrogens (tertiary/aromatic N) is 1. The van der Waals surface area contributed by atoms with Crippen LogP contribution in [0.3, 0.4) is 0 Å². The van der Waals surface area contributed by atoms with Crippen LogP contribution in [0.15, 0.2) is 111 Å². The Morgan fingerprint density at radius 1 is 0.857 bits per heavy atom. The van der Waals surface area contributed by atoms with E-state index in [9.17, 15) is 9.59 Å². The van der Waals surface area contributed by atoms with Gasteiger partial charge in [0.15, 0.2) is 5.58 Å². The first-order valence-corrected chi connectivity index (χ1v) is 11.1. The van der Waals surface area contributed by atoms with Crippen molar-refractivity contribution < 1.29 is 9.21 Å². The molecule has 5 rings (SSSR count). The van der Waals surface area contributed by atoms with Crippen LogP contribution in [0.2, 0.25) is 5.02 Å². The number of nitrogens with one attached hydrogen (secondary N) is 3. The quantitative estimate of drug-likeness (QED) is 0.217. The van der Waals surface area contributed by atoms with Crippen molar-refractivity contribution >= 4 is 45.9 Å². The van der Waals surface area contributed by atoms with Gasteiger partial charge in [-0.2, -0.15) is 0 Å². The number of aromatic nitrogens is 1. The molecule has 0 bridgehead atoms. The van der Waals surface area contributed by atoms with E-state index in [1.54, 1.807) is 42.5 Å². The van der Waals surface area contributed by atoms with E-state index in [0.717, 1.165) is 11.1 Å². The predicted octanol–water partition coefficient (Wildman–Crippen LogP) is 5.97. The highest BCUT2D eigenvalue weighted by atomic mass is 35.5. The molecule has 0 saturated heterocycles. The zero-order valence-corrected chi connectivity index (χ0v) is 19.0. The van der Waals surface area contributed by atoms with Gasteiger partial charge in [0, 0.05) is 22.3 Å². The van der Waals surface area contributed by atoms with Gasteiger partial charge in [-0.05, 0) is 59.7 Å². The Bertz CT molecular complexity index is 1570. The molecular weight excluding hydrogens is 464 g/mol. The molecule has 172 valence electrons. The summed E-state index contributed by atoms with van der Waals surface area (Å²) in [6.07, 6.45) is 0. The van der Waals surface area contributed by atoms with E-state index in [1.165, 1.54) is 0 Å². The van der Waals surface area contributed by atoms with Crippen LogP contribution < -0.4 is 16.4 Å². The summed E-state index contributed by atoms with van der Waals surface area (Å²) in [5, 5.41) is 6.44. The summed E-state index contributed by atoms with van der Waals surface area (Å²) in [5.74, 6) is -0.696. The third-order valence-corrected chi connectivity index (χ3v) is 5.49. The Morgan fingerprint density at radius 2 is 1.57 bits per heavy atom. The van der Waals surface area contributed by atoms with E-state index in [0.29, 0.717) is 33.1 Å². The second-order valence-electron chi connectivity index (χ2n) is 7.68. The number of amides is 1. The summed E-state index contributed by atoms with van der Waals surface area (Å²) < 4.78 is 5.13. The number of hydrogen-bond donors (Lipinski definition) is 3. The van der Waals surface area contributed by atoms with Crippen LogP contribution in [-0.4, -0.2) is 16.9 Å². The van der Waals surface area contributed by atoms with Crippen molar-refractivity contribution in [1.29, 1.82) is 0 Å². The topological polar surface area (TPSA) is 99.5 Å². The van der Waals surface area contributed by atoms with Gasteiger partial charge >= 0.3 is 5.76 Å². The maximum atomic E-state index is 12.9. The van der Waals surface area contributed by atoms with Crippen molar-refractivity contribution in [2.24, 2.45) is 4.99 Å². The van der Waals surface area contributed by atoms with E-state index in [2.05, 4.69) is 20.6 Å². The Labute approximate surface area is 205 Å². The molecular formula is C27H19ClN4O3. The number of benzene rings is 4. The lowest BCUT2D eigenvalue weighted by molar-refractivity contribution is 0.0977. The lowest BCUT2D eigenvalue weighted by Crippen LogP contribution is -2.35. The minimum Gasteiger partial charge on any atom is -0.408 e. The molecule has 0 atom stereocenters. The van der Waals surface area contributed by atoms with Gasteiger partial charge in [-0.25, -0.2) is 9.79 Å². The first-order chi connectivity index (χ1) is 17.0. The lowest BCUT2D eigenvalue weighted by atomic mass is 10.1. The molecule has 1 amide bonds. The molecule has 3 N–H and O–H groups in total. The van der Waals surface area contributed by atoms with E-state index < -0.39 is 5.76 Å². The van der Waals surface area contributed by atoms with Crippen LogP contribution in [0.4, 0.5) is 11.4 Å². The number of fused-ring (bicyclic) bond motifs is 1. The molecule has 8 heteroatoms. The number of carbonyl (C=O) groups is 1. The number of anilines is 1. The van der Waals surface area contributed by atoms with Crippen molar-refractivity contribution in [1.82, 2.24) is 10.3 Å². The van der Waals surface area contributed by atoms with Crippen LogP contribution in [-0.2, 0) is 0 Å². The number of aliphatic imine (C=N–C) groups is 1. The maximum Gasteiger partial charge on any atom is 0.417 e. The molecule has 4 aromatic carbocycles. The first kappa shape index (κ1) is 22.2. The summed E-state index contributed by atoms with van der Waals surface area (Å²) in [6, 6.07) is 29.3. The number of H-pyrrole nitrogens is 1. The minimum absolute atomic E-state index is 0.203. The number of rotatable bonds is 4. The smallest absolute Gasteiger partial charge is 0.408 e. The van der Waals surface area contributed by atoms with Crippen LogP contribution in [0.1, 0.15) is 10.4 Å². The van der Waals surface area contributed by atoms with E-state index in [1.807, 2.05) is 54.6 Å². The number of carbonyl (C=O) groups excluding carboxylic acids is 1. The molecule has 0 aliphatic rings. The highest BCUT2D eigenvalue weighted by molar-refractivity contribution is 6.30. The molecule has 0 aliphatic carbocycles. The van der Waals surface area contributed by atoms with Crippen LogP contribution in [0, 0.1) is 0 Å². The number of hydrogen-bond acceptors (Lipinski definition) is 4. The number of oxazole rings is 1. The van der Waals surface area contributed by atoms with Gasteiger partial charge in [0.05, 0.1) is 11.2 Å². The van der Waals surface area contributed by atoms with Gasteiger partial charge in [-0.1, -0.05) is 54.1 Å². The van der Waals surface area contributed by atoms with E-state index in [-0.39, 0.29) is 11.9 Å². The van der Waals surface area contributed by atoms with Crippen molar-refractivity contribution in [3.63, 3.8) is 0 Å². The average molecular weight is 483 g/mol. The molecule has 0 unspecified atom stereocenters. The monoisotopic (exact) mass is 482 g/mol. The predicted molar refractivity (Wildman–Crippen MR) is 138 cm³/mol. The fourth-order valence-corrected chi connectivity index (χ4v) is 3.64. The molecule has 5 aromatic rings. The zero-order valence-electron chi connectivity index (χ0n) is 18.3. The molecule has 1 aromatic heterocycles. The Hall–Kier alpha value is -4.62. The van der Waals surface area contributed by atoms with E-state index >= 15 is 0 Å². The third-order valence-electron chi connectivity index (χ3n) is 5.24. The normalized spacial score (nSPS) is 11.4. The lowest BCUT2D eigenvalue weighted by Gasteiger charge is -2.12. The molecule has 0 spiro atoms. The number of aromatic amines is 1. The summed E-state index contributed by atoms with van der Waals surface area (Å²) in [5.41, 5.74) is 4.75. The molecule has 1 heterocycles. The van der Waals surface area contributed by atoms with Gasteiger partial charge in [-0.15, -0.1) is 0 Å². The molecule has 35 heavy (non-hydrogen) atoms. The van der Waals surface area contributed by atoms with Crippen molar-refractivity contribution in [2.75, 3.05) is 5.32 Å². The molecule has 7 nitrogen and oxygen atoms in total. The Morgan fingerprint density at radius 3 is 2.31 bits per heavy atom. The highest BCUT2D eigenvalue weighted by Gasteiger charge is 2.11. The fourth-order valence-electron chi connectivity index (χ4n) is 3.52. The number of guanidine groups is 1. The number of halogens is 1. The molecule has 0 aliphatic heterocycles. The van der Waals surface area contributed by atoms with Gasteiger partial charge < -0.3 is 9.73 Å². The summed E-state index contributed by atoms with van der Waals surface area (Å²) in [4.78, 5) is 31.5. The Kier molecular flexibility index (Phi) is 6.15. The maximum absolute atomic E-state index is 12.9. The summed E-state index contributed by atoms with van der Waals surface area (Å²) >= 11 is 5.94. The zero-order chi connectivity index (χ0) is 24.2. The van der Waals surface area contributed by atoms with Gasteiger partial charge in [-0.3, -0.25) is 15.1 Å². The van der Waals surface area contributed by atoms with Gasteiger partial charge in [0.25, 0.3) is 5.91 Å². The van der Waals surface area contributed by atoms with Crippen molar-refractivity contribution in [2.45, 2.75) is 0 Å². The molecule has 0 saturated carbocycles. The van der Waals surface area contributed by atoms with Crippen LogP contribution >= 0.6 is 11.6 Å². The van der Waals surface area contributed by atoms with Crippen LogP contribution in [0.5, 0.6) is 0 Å². The average Bonchev–Trinajstić information content (AvgIpc) is 3.24. The van der Waals surface area contributed by atoms with Gasteiger partial charge in [0.2, 0.25) is 5.96 Å². The Balaban J connectivity index is 1.45. The largest absolute Gasteiger partial charge is 0.417 e. The summed E-state index contributed by atoms with van der Waals surface area (Å²) in [6.45, 7) is 0. The molecule has 0 fully saturated rings. The van der Waals surface area contributed by atoms with Crippen molar-refractivity contribution in [3.8, 4) is 11.1 Å². The van der Waals surface area contributed by atoms with E-state index in [4.69, 9.17) is 16.0 Å². The second kappa shape index (κ2) is 9.70. The standard InChI is InChI=1S/C27H19ClN4O3/c28-20-10-6-19(7-11-20)25(33)32-26(30-22-14-15-23-24(16-22)35-27(34)31-23)29-21-12-8-18(9-13-21)17-4-2-1-3-5-17/h1-16H,(H,31,34)(H2,29,30,32,33).